The minimum absolute atomic E-state index is 1.11. The van der Waals surface area contributed by atoms with Crippen LogP contribution in [0.15, 0.2) is 194 Å². The van der Waals surface area contributed by atoms with Gasteiger partial charge >= 0.3 is 0 Å². The number of hydrogen-bond acceptors (Lipinski definition) is 1. The summed E-state index contributed by atoms with van der Waals surface area (Å²) in [7, 11) is 0. The van der Waals surface area contributed by atoms with Crippen molar-refractivity contribution in [1.82, 2.24) is 4.57 Å². The molecule has 0 saturated heterocycles. The fourth-order valence-electron chi connectivity index (χ4n) is 7.17. The van der Waals surface area contributed by atoms with Gasteiger partial charge in [0, 0.05) is 33.4 Å². The molecule has 0 unspecified atom stereocenters. The summed E-state index contributed by atoms with van der Waals surface area (Å²) in [6, 6.07) is 69.8. The standard InChI is InChI=1S/C46H32N2/c1-3-16-36(17-4-1)47(44-24-11-9-21-41(44)40-23-13-15-34-14-7-8-20-39(34)40)38-29-26-33(27-30-38)35-28-31-46-43(32-35)42-22-10-12-25-45(42)48(46)37-18-5-2-6-19-37/h1-32H. The Morgan fingerprint density at radius 1 is 0.354 bits per heavy atom. The maximum atomic E-state index is 2.37. The van der Waals surface area contributed by atoms with Crippen molar-refractivity contribution in [2.45, 2.75) is 0 Å². The van der Waals surface area contributed by atoms with Crippen LogP contribution in [-0.2, 0) is 0 Å². The third kappa shape index (κ3) is 4.74. The molecule has 0 amide bonds. The summed E-state index contributed by atoms with van der Waals surface area (Å²) in [5, 5.41) is 5.00. The van der Waals surface area contributed by atoms with Crippen molar-refractivity contribution in [1.29, 1.82) is 0 Å². The van der Waals surface area contributed by atoms with E-state index in [4.69, 9.17) is 0 Å². The third-order valence-corrected chi connectivity index (χ3v) is 9.38. The number of anilines is 3. The van der Waals surface area contributed by atoms with Crippen molar-refractivity contribution >= 4 is 49.6 Å². The molecule has 226 valence electrons. The summed E-state index contributed by atoms with van der Waals surface area (Å²) < 4.78 is 2.36. The molecular weight excluding hydrogens is 581 g/mol. The number of fused-ring (bicyclic) bond motifs is 4. The molecule has 48 heavy (non-hydrogen) atoms. The number of benzene rings is 8. The van der Waals surface area contributed by atoms with Crippen LogP contribution in [0.5, 0.6) is 0 Å². The van der Waals surface area contributed by atoms with Gasteiger partial charge in [-0.3, -0.25) is 0 Å². The molecule has 0 saturated carbocycles. The van der Waals surface area contributed by atoms with Crippen LogP contribution >= 0.6 is 0 Å². The van der Waals surface area contributed by atoms with E-state index >= 15 is 0 Å². The summed E-state index contributed by atoms with van der Waals surface area (Å²) in [4.78, 5) is 2.37. The lowest BCUT2D eigenvalue weighted by Crippen LogP contribution is -2.11. The molecule has 9 rings (SSSR count). The van der Waals surface area contributed by atoms with Gasteiger partial charge < -0.3 is 9.47 Å². The first kappa shape index (κ1) is 27.9. The number of aromatic nitrogens is 1. The summed E-state index contributed by atoms with van der Waals surface area (Å²) >= 11 is 0. The number of nitrogens with zero attached hydrogens (tertiary/aromatic N) is 2. The molecule has 0 bridgehead atoms. The van der Waals surface area contributed by atoms with Crippen LogP contribution < -0.4 is 4.90 Å². The van der Waals surface area contributed by atoms with E-state index in [2.05, 4.69) is 204 Å². The molecule has 0 spiro atoms. The lowest BCUT2D eigenvalue weighted by atomic mass is 9.96. The van der Waals surface area contributed by atoms with Crippen molar-refractivity contribution in [2.75, 3.05) is 4.90 Å². The van der Waals surface area contributed by atoms with E-state index in [-0.39, 0.29) is 0 Å². The van der Waals surface area contributed by atoms with Gasteiger partial charge in [-0.25, -0.2) is 0 Å². The van der Waals surface area contributed by atoms with Gasteiger partial charge in [-0.15, -0.1) is 0 Å². The van der Waals surface area contributed by atoms with E-state index in [0.29, 0.717) is 0 Å². The average Bonchev–Trinajstić information content (AvgIpc) is 3.50. The van der Waals surface area contributed by atoms with E-state index in [0.717, 1.165) is 17.1 Å². The predicted molar refractivity (Wildman–Crippen MR) is 204 cm³/mol. The van der Waals surface area contributed by atoms with E-state index in [1.54, 1.807) is 0 Å². The van der Waals surface area contributed by atoms with Crippen molar-refractivity contribution in [2.24, 2.45) is 0 Å². The normalized spacial score (nSPS) is 11.3. The first-order chi connectivity index (χ1) is 23.8. The van der Waals surface area contributed by atoms with Crippen LogP contribution in [0.2, 0.25) is 0 Å². The van der Waals surface area contributed by atoms with Gasteiger partial charge in [0.1, 0.15) is 0 Å². The van der Waals surface area contributed by atoms with Gasteiger partial charge in [0.15, 0.2) is 0 Å². The van der Waals surface area contributed by atoms with Gasteiger partial charge in [-0.2, -0.15) is 0 Å². The Balaban J connectivity index is 1.16. The van der Waals surface area contributed by atoms with Crippen LogP contribution in [0.3, 0.4) is 0 Å². The monoisotopic (exact) mass is 612 g/mol. The maximum absolute atomic E-state index is 2.37. The Hall–Kier alpha value is -6.38. The maximum Gasteiger partial charge on any atom is 0.0541 e. The van der Waals surface area contributed by atoms with Gasteiger partial charge in [0.05, 0.1) is 16.7 Å². The van der Waals surface area contributed by atoms with Gasteiger partial charge in [0.25, 0.3) is 0 Å². The van der Waals surface area contributed by atoms with Crippen molar-refractivity contribution in [3.8, 4) is 27.9 Å². The SMILES string of the molecule is c1ccc(N(c2ccc(-c3ccc4c(c3)c3ccccc3n4-c3ccccc3)cc2)c2ccccc2-c2cccc3ccccc23)cc1. The van der Waals surface area contributed by atoms with E-state index in [1.807, 2.05) is 0 Å². The van der Waals surface area contributed by atoms with Crippen molar-refractivity contribution in [3.05, 3.63) is 194 Å². The molecule has 0 aliphatic rings. The molecule has 0 fully saturated rings. The molecule has 2 nitrogen and oxygen atoms in total. The molecule has 1 aromatic heterocycles. The van der Waals surface area contributed by atoms with Gasteiger partial charge in [-0.05, 0) is 88.1 Å². The van der Waals surface area contributed by atoms with Gasteiger partial charge in [0.2, 0.25) is 0 Å². The van der Waals surface area contributed by atoms with E-state index in [9.17, 15) is 0 Å². The fourth-order valence-corrected chi connectivity index (χ4v) is 7.17. The molecule has 1 heterocycles. The second kappa shape index (κ2) is 11.8. The van der Waals surface area contributed by atoms with Crippen LogP contribution in [0.1, 0.15) is 0 Å². The molecule has 0 N–H and O–H groups in total. The van der Waals surface area contributed by atoms with Crippen LogP contribution in [0.4, 0.5) is 17.1 Å². The fraction of sp³-hybridized carbons (Fsp3) is 0. The summed E-state index contributed by atoms with van der Waals surface area (Å²) in [5.74, 6) is 0. The first-order valence-electron chi connectivity index (χ1n) is 16.4. The Labute approximate surface area is 280 Å². The quantitative estimate of drug-likeness (QED) is 0.181. The first-order valence-corrected chi connectivity index (χ1v) is 16.4. The highest BCUT2D eigenvalue weighted by atomic mass is 15.1. The zero-order valence-electron chi connectivity index (χ0n) is 26.4. The molecule has 0 atom stereocenters. The Kier molecular flexibility index (Phi) is 6.84. The molecule has 2 heteroatoms. The highest BCUT2D eigenvalue weighted by Gasteiger charge is 2.18. The zero-order valence-corrected chi connectivity index (χ0v) is 26.4. The lowest BCUT2D eigenvalue weighted by Gasteiger charge is -2.28. The lowest BCUT2D eigenvalue weighted by molar-refractivity contribution is 1.18. The van der Waals surface area contributed by atoms with Crippen LogP contribution in [0, 0.1) is 0 Å². The molecule has 0 aliphatic heterocycles. The summed E-state index contributed by atoms with van der Waals surface area (Å²) in [6.07, 6.45) is 0. The smallest absolute Gasteiger partial charge is 0.0541 e. The zero-order chi connectivity index (χ0) is 31.9. The van der Waals surface area contributed by atoms with E-state index < -0.39 is 0 Å². The molecule has 0 aliphatic carbocycles. The largest absolute Gasteiger partial charge is 0.310 e. The minimum Gasteiger partial charge on any atom is -0.310 e. The topological polar surface area (TPSA) is 8.17 Å². The molecule has 8 aromatic carbocycles. The highest BCUT2D eigenvalue weighted by molar-refractivity contribution is 6.10. The highest BCUT2D eigenvalue weighted by Crippen LogP contribution is 2.43. The Morgan fingerprint density at radius 2 is 0.938 bits per heavy atom. The number of hydrogen-bond donors (Lipinski definition) is 0. The number of rotatable bonds is 6. The van der Waals surface area contributed by atoms with Crippen molar-refractivity contribution < 1.29 is 0 Å². The average molecular weight is 613 g/mol. The second-order valence-corrected chi connectivity index (χ2v) is 12.2. The summed E-state index contributed by atoms with van der Waals surface area (Å²) in [6.45, 7) is 0. The second-order valence-electron chi connectivity index (χ2n) is 12.2. The number of para-hydroxylation sites is 4. The van der Waals surface area contributed by atoms with Crippen LogP contribution in [0.25, 0.3) is 60.5 Å². The Bertz CT molecular complexity index is 2540. The van der Waals surface area contributed by atoms with Crippen molar-refractivity contribution in [3.63, 3.8) is 0 Å². The van der Waals surface area contributed by atoms with E-state index in [1.165, 1.54) is 60.5 Å². The van der Waals surface area contributed by atoms with Gasteiger partial charge in [-0.1, -0.05) is 133 Å². The molecule has 9 aromatic rings. The summed E-state index contributed by atoms with van der Waals surface area (Å²) in [5.41, 5.74) is 11.8. The third-order valence-electron chi connectivity index (χ3n) is 9.38. The molecule has 0 radical (unpaired) electrons. The van der Waals surface area contributed by atoms with Crippen LogP contribution in [-0.4, -0.2) is 4.57 Å². The molecular formula is C46H32N2. The predicted octanol–water partition coefficient (Wildman–Crippen LogP) is 12.7. The Morgan fingerprint density at radius 3 is 1.77 bits per heavy atom. The minimum atomic E-state index is 1.11.